The van der Waals surface area contributed by atoms with Gasteiger partial charge in [-0.3, -0.25) is 9.89 Å². The first-order valence-electron chi connectivity index (χ1n) is 7.98. The molecule has 1 heterocycles. The number of aliphatic imine (C=N–C) groups is 1. The average Bonchev–Trinajstić information content (AvgIpc) is 3.03. The molecule has 0 bridgehead atoms. The Bertz CT molecular complexity index is 1040. The highest BCUT2D eigenvalue weighted by molar-refractivity contribution is 14.1. The van der Waals surface area contributed by atoms with Crippen molar-refractivity contribution in [2.24, 2.45) is 10.7 Å². The van der Waals surface area contributed by atoms with E-state index in [0.717, 1.165) is 34.0 Å². The van der Waals surface area contributed by atoms with Crippen molar-refractivity contribution in [1.29, 1.82) is 0 Å². The Balaban J connectivity index is 1.94. The summed E-state index contributed by atoms with van der Waals surface area (Å²) in [5.41, 5.74) is 7.28. The first-order valence-corrected chi connectivity index (χ1v) is 9.50. The molecule has 2 aromatic carbocycles. The molecule has 0 aliphatic carbocycles. The molecule has 0 aliphatic heterocycles. The molecule has 0 aliphatic rings. The zero-order valence-corrected chi connectivity index (χ0v) is 16.5. The number of phenolic OH excluding ortho intramolecular Hbond substituents is 3. The average molecular weight is 493 g/mol. The topological polar surface area (TPSA) is 157 Å². The number of phenols is 3. The number of nitrogens with zero attached hydrogens (tertiary/aromatic N) is 2. The lowest BCUT2D eigenvalue weighted by Crippen LogP contribution is -2.12. The summed E-state index contributed by atoms with van der Waals surface area (Å²) >= 11 is 2.25. The van der Waals surface area contributed by atoms with Gasteiger partial charge in [0.1, 0.15) is 22.8 Å². The van der Waals surface area contributed by atoms with Crippen LogP contribution in [0.2, 0.25) is 0 Å². The third kappa shape index (κ3) is 4.17. The van der Waals surface area contributed by atoms with Crippen LogP contribution in [0.4, 0.5) is 17.3 Å². The lowest BCUT2D eigenvalue weighted by Gasteiger charge is -2.06. The van der Waals surface area contributed by atoms with Crippen molar-refractivity contribution in [2.45, 2.75) is 4.43 Å². The maximum Gasteiger partial charge on any atom is 0.256 e. The normalized spacial score (nSPS) is 11.0. The molecule has 7 N–H and O–H groups in total. The molecule has 0 unspecified atom stereocenters. The minimum absolute atomic E-state index is 0.0221. The molecule has 0 radical (unpaired) electrons. The van der Waals surface area contributed by atoms with Crippen molar-refractivity contribution in [3.05, 3.63) is 53.1 Å². The molecular formula is C18H16IN5O4. The van der Waals surface area contributed by atoms with Crippen molar-refractivity contribution in [3.63, 3.8) is 0 Å². The summed E-state index contributed by atoms with van der Waals surface area (Å²) in [4.78, 5) is 16.0. The largest absolute Gasteiger partial charge is 0.508 e. The van der Waals surface area contributed by atoms with Crippen LogP contribution in [0.3, 0.4) is 0 Å². The summed E-state index contributed by atoms with van der Waals surface area (Å²) in [5.74, 6) is -1.57. The standard InChI is InChI=1S/C18H16IN5O4/c19-7-9-2-1-3-10(4-9)22-18-15(16(20)28)17(23-24-18)21-8-12-13(26)5-11(25)6-14(12)27/h1-6,8,25-27H,7H2,(H2,20,28)(H2,22,23,24)/b21-8+. The van der Waals surface area contributed by atoms with Gasteiger partial charge in [0.15, 0.2) is 11.6 Å². The second kappa shape index (κ2) is 8.17. The molecule has 0 saturated heterocycles. The van der Waals surface area contributed by atoms with Gasteiger partial charge in [0.05, 0.1) is 5.56 Å². The van der Waals surface area contributed by atoms with Crippen LogP contribution in [0.1, 0.15) is 21.5 Å². The molecule has 0 saturated carbocycles. The predicted molar refractivity (Wildman–Crippen MR) is 113 cm³/mol. The second-order valence-electron chi connectivity index (χ2n) is 5.77. The van der Waals surface area contributed by atoms with E-state index in [4.69, 9.17) is 5.73 Å². The summed E-state index contributed by atoms with van der Waals surface area (Å²) in [5, 5.41) is 38.7. The second-order valence-corrected chi connectivity index (χ2v) is 6.54. The first-order chi connectivity index (χ1) is 13.4. The van der Waals surface area contributed by atoms with Gasteiger partial charge in [0, 0.05) is 28.5 Å². The Kier molecular flexibility index (Phi) is 5.68. The van der Waals surface area contributed by atoms with Crippen molar-refractivity contribution >= 4 is 52.0 Å². The lowest BCUT2D eigenvalue weighted by atomic mass is 10.2. The number of nitrogens with two attached hydrogens (primary N) is 1. The molecule has 0 atom stereocenters. The minimum Gasteiger partial charge on any atom is -0.508 e. The van der Waals surface area contributed by atoms with E-state index in [9.17, 15) is 20.1 Å². The van der Waals surface area contributed by atoms with Crippen LogP contribution < -0.4 is 11.1 Å². The van der Waals surface area contributed by atoms with Crippen LogP contribution in [0.5, 0.6) is 17.2 Å². The third-order valence-electron chi connectivity index (χ3n) is 3.78. The SMILES string of the molecule is NC(=O)c1c(Nc2cccc(CI)c2)n[nH]c1/N=C/c1c(O)cc(O)cc1O. The van der Waals surface area contributed by atoms with Crippen LogP contribution in [-0.2, 0) is 4.43 Å². The van der Waals surface area contributed by atoms with Crippen LogP contribution in [0.15, 0.2) is 41.4 Å². The minimum atomic E-state index is -0.757. The third-order valence-corrected chi connectivity index (χ3v) is 4.66. The van der Waals surface area contributed by atoms with Gasteiger partial charge in [-0.05, 0) is 17.7 Å². The van der Waals surface area contributed by atoms with Gasteiger partial charge in [-0.25, -0.2) is 4.99 Å². The number of nitrogens with one attached hydrogen (secondary N) is 2. The Morgan fingerprint density at radius 1 is 1.25 bits per heavy atom. The molecule has 1 amide bonds. The van der Waals surface area contributed by atoms with Gasteiger partial charge in [0.25, 0.3) is 5.91 Å². The van der Waals surface area contributed by atoms with Crippen molar-refractivity contribution in [3.8, 4) is 17.2 Å². The lowest BCUT2D eigenvalue weighted by molar-refractivity contribution is 0.100. The highest BCUT2D eigenvalue weighted by Gasteiger charge is 2.18. The van der Waals surface area contributed by atoms with Crippen molar-refractivity contribution in [1.82, 2.24) is 10.2 Å². The summed E-state index contributed by atoms with van der Waals surface area (Å²) in [6.45, 7) is 0. The molecule has 0 fully saturated rings. The van der Waals surface area contributed by atoms with Crippen LogP contribution in [-0.4, -0.2) is 37.6 Å². The van der Waals surface area contributed by atoms with Crippen molar-refractivity contribution < 1.29 is 20.1 Å². The highest BCUT2D eigenvalue weighted by Crippen LogP contribution is 2.32. The van der Waals surface area contributed by atoms with Gasteiger partial charge < -0.3 is 26.4 Å². The van der Waals surface area contributed by atoms with E-state index in [1.54, 1.807) is 0 Å². The molecule has 0 spiro atoms. The number of aromatic hydroxyl groups is 3. The molecule has 1 aromatic heterocycles. The molecule has 3 aromatic rings. The fourth-order valence-electron chi connectivity index (χ4n) is 2.49. The Hall–Kier alpha value is -3.28. The molecule has 10 heteroatoms. The summed E-state index contributed by atoms with van der Waals surface area (Å²) in [6.07, 6.45) is 1.13. The monoisotopic (exact) mass is 493 g/mol. The number of rotatable bonds is 6. The maximum atomic E-state index is 11.9. The number of aromatic amines is 1. The van der Waals surface area contributed by atoms with Crippen LogP contribution in [0, 0.1) is 0 Å². The van der Waals surface area contributed by atoms with Crippen LogP contribution >= 0.6 is 22.6 Å². The van der Waals surface area contributed by atoms with E-state index in [1.165, 1.54) is 0 Å². The fourth-order valence-corrected chi connectivity index (χ4v) is 2.96. The number of hydrogen-bond acceptors (Lipinski definition) is 7. The van der Waals surface area contributed by atoms with E-state index in [-0.39, 0.29) is 40.0 Å². The molecule has 3 rings (SSSR count). The van der Waals surface area contributed by atoms with E-state index >= 15 is 0 Å². The number of hydrogen-bond donors (Lipinski definition) is 6. The molecule has 9 nitrogen and oxygen atoms in total. The summed E-state index contributed by atoms with van der Waals surface area (Å²) in [6, 6.07) is 9.70. The van der Waals surface area contributed by atoms with E-state index < -0.39 is 5.91 Å². The molecule has 144 valence electrons. The van der Waals surface area contributed by atoms with E-state index in [1.807, 2.05) is 24.3 Å². The molecule has 28 heavy (non-hydrogen) atoms. The summed E-state index contributed by atoms with van der Waals surface area (Å²) in [7, 11) is 0. The number of alkyl halides is 1. The Labute approximate surface area is 173 Å². The predicted octanol–water partition coefficient (Wildman–Crippen LogP) is 3.05. The Morgan fingerprint density at radius 3 is 2.61 bits per heavy atom. The number of carbonyl (C=O) groups is 1. The number of amides is 1. The zero-order valence-electron chi connectivity index (χ0n) is 14.3. The van der Waals surface area contributed by atoms with E-state index in [2.05, 4.69) is 43.1 Å². The van der Waals surface area contributed by atoms with Crippen molar-refractivity contribution in [2.75, 3.05) is 5.32 Å². The van der Waals surface area contributed by atoms with Gasteiger partial charge >= 0.3 is 0 Å². The molecular weight excluding hydrogens is 477 g/mol. The number of H-pyrrole nitrogens is 1. The number of anilines is 2. The summed E-state index contributed by atoms with van der Waals surface area (Å²) < 4.78 is 0.825. The number of benzene rings is 2. The smallest absolute Gasteiger partial charge is 0.256 e. The maximum absolute atomic E-state index is 11.9. The Morgan fingerprint density at radius 2 is 1.96 bits per heavy atom. The van der Waals surface area contributed by atoms with Gasteiger partial charge in [-0.15, -0.1) is 0 Å². The number of primary amides is 1. The quantitative estimate of drug-likeness (QED) is 0.176. The number of carbonyl (C=O) groups excluding carboxylic acids is 1. The zero-order chi connectivity index (χ0) is 20.3. The van der Waals surface area contributed by atoms with E-state index in [0.29, 0.717) is 0 Å². The van der Waals surface area contributed by atoms with Gasteiger partial charge in [-0.2, -0.15) is 5.10 Å². The number of aromatic nitrogens is 2. The highest BCUT2D eigenvalue weighted by atomic mass is 127. The number of halogens is 1. The van der Waals surface area contributed by atoms with Gasteiger partial charge in [0.2, 0.25) is 0 Å². The van der Waals surface area contributed by atoms with Crippen LogP contribution in [0.25, 0.3) is 0 Å². The van der Waals surface area contributed by atoms with Gasteiger partial charge in [-0.1, -0.05) is 34.7 Å². The first kappa shape index (κ1) is 19.5. The fraction of sp³-hybridized carbons (Fsp3) is 0.0556.